The monoisotopic (exact) mass is 255 g/mol. The summed E-state index contributed by atoms with van der Waals surface area (Å²) in [7, 11) is 0. The number of hydrogen-bond donors (Lipinski definition) is 1. The molecule has 100 valence electrons. The van der Waals surface area contributed by atoms with E-state index in [4.69, 9.17) is 4.74 Å². The fourth-order valence-corrected chi connectivity index (χ4v) is 2.42. The molecule has 0 aromatic heterocycles. The Bertz CT molecular complexity index is 405. The number of rotatable bonds is 4. The van der Waals surface area contributed by atoms with Crippen molar-refractivity contribution in [1.29, 1.82) is 0 Å². The van der Waals surface area contributed by atoms with Gasteiger partial charge >= 0.3 is 0 Å². The molecule has 1 aliphatic rings. The molecule has 2 nitrogen and oxygen atoms in total. The number of ether oxygens (including phenoxy) is 1. The van der Waals surface area contributed by atoms with Gasteiger partial charge in [-0.05, 0) is 32.3 Å². The lowest BCUT2D eigenvalue weighted by atomic mass is 9.98. The third-order valence-corrected chi connectivity index (χ3v) is 3.61. The zero-order chi connectivity index (χ0) is 13.1. The van der Waals surface area contributed by atoms with Crippen LogP contribution in [0.15, 0.2) is 18.2 Å². The highest BCUT2D eigenvalue weighted by Crippen LogP contribution is 2.22. The van der Waals surface area contributed by atoms with Gasteiger partial charge in [-0.3, -0.25) is 0 Å². The van der Waals surface area contributed by atoms with E-state index >= 15 is 0 Å². The Labute approximate surface area is 106 Å². The van der Waals surface area contributed by atoms with Crippen LogP contribution in [0.1, 0.15) is 31.9 Å². The first-order valence-corrected chi connectivity index (χ1v) is 6.36. The summed E-state index contributed by atoms with van der Waals surface area (Å²) in [6.45, 7) is 5.53. The van der Waals surface area contributed by atoms with Gasteiger partial charge < -0.3 is 10.1 Å². The highest BCUT2D eigenvalue weighted by atomic mass is 19.1. The van der Waals surface area contributed by atoms with Gasteiger partial charge in [-0.15, -0.1) is 0 Å². The van der Waals surface area contributed by atoms with Gasteiger partial charge in [0.2, 0.25) is 0 Å². The molecule has 0 aliphatic carbocycles. The maximum absolute atomic E-state index is 13.6. The average molecular weight is 255 g/mol. The molecular formula is C14H19F2NO. The van der Waals surface area contributed by atoms with E-state index in [2.05, 4.69) is 12.2 Å². The third kappa shape index (κ3) is 3.06. The highest BCUT2D eigenvalue weighted by molar-refractivity contribution is 5.21. The van der Waals surface area contributed by atoms with E-state index in [1.807, 2.05) is 6.92 Å². The van der Waals surface area contributed by atoms with Crippen molar-refractivity contribution in [2.75, 3.05) is 13.2 Å². The molecule has 0 spiro atoms. The van der Waals surface area contributed by atoms with Gasteiger partial charge in [0.25, 0.3) is 0 Å². The Morgan fingerprint density at radius 2 is 2.11 bits per heavy atom. The first-order valence-electron chi connectivity index (χ1n) is 6.36. The first-order chi connectivity index (χ1) is 8.58. The molecule has 3 atom stereocenters. The second-order valence-corrected chi connectivity index (χ2v) is 4.97. The molecule has 1 heterocycles. The zero-order valence-electron chi connectivity index (χ0n) is 10.7. The second kappa shape index (κ2) is 5.76. The zero-order valence-corrected chi connectivity index (χ0v) is 10.7. The third-order valence-electron chi connectivity index (χ3n) is 3.61. The molecule has 18 heavy (non-hydrogen) atoms. The molecule has 4 heteroatoms. The smallest absolute Gasteiger partial charge is 0.130 e. The van der Waals surface area contributed by atoms with Crippen LogP contribution in [0.4, 0.5) is 8.78 Å². The van der Waals surface area contributed by atoms with E-state index in [9.17, 15) is 8.78 Å². The Kier molecular flexibility index (Phi) is 4.30. The minimum absolute atomic E-state index is 0.138. The molecule has 3 unspecified atom stereocenters. The van der Waals surface area contributed by atoms with Gasteiger partial charge in [0.1, 0.15) is 11.6 Å². The second-order valence-electron chi connectivity index (χ2n) is 4.97. The fraction of sp³-hybridized carbons (Fsp3) is 0.571. The topological polar surface area (TPSA) is 21.3 Å². The minimum atomic E-state index is -0.541. The van der Waals surface area contributed by atoms with E-state index in [-0.39, 0.29) is 12.1 Å². The highest BCUT2D eigenvalue weighted by Gasteiger charge is 2.24. The summed E-state index contributed by atoms with van der Waals surface area (Å²) in [5.74, 6) is -0.568. The largest absolute Gasteiger partial charge is 0.381 e. The summed E-state index contributed by atoms with van der Waals surface area (Å²) in [5, 5.41) is 3.36. The summed E-state index contributed by atoms with van der Waals surface area (Å²) in [5.41, 5.74) is 0.502. The lowest BCUT2D eigenvalue weighted by Crippen LogP contribution is -2.36. The van der Waals surface area contributed by atoms with Crippen molar-refractivity contribution in [3.63, 3.8) is 0 Å². The quantitative estimate of drug-likeness (QED) is 0.893. The number of hydrogen-bond acceptors (Lipinski definition) is 2. The summed E-state index contributed by atoms with van der Waals surface area (Å²) >= 11 is 0. The number of benzene rings is 1. The van der Waals surface area contributed by atoms with Crippen molar-refractivity contribution in [2.45, 2.75) is 32.4 Å². The van der Waals surface area contributed by atoms with Crippen LogP contribution >= 0.6 is 0 Å². The standard InChI is InChI=1S/C14H19F2NO/c1-9(11-5-6-18-8-11)17-10(2)13-4-3-12(15)7-14(13)16/h3-4,7,9-11,17H,5-6,8H2,1-2H3. The van der Waals surface area contributed by atoms with Gasteiger partial charge in [-0.2, -0.15) is 0 Å². The maximum atomic E-state index is 13.6. The van der Waals surface area contributed by atoms with Gasteiger partial charge in [-0.25, -0.2) is 8.78 Å². The maximum Gasteiger partial charge on any atom is 0.130 e. The molecule has 0 amide bonds. The molecule has 0 saturated carbocycles. The molecule has 1 N–H and O–H groups in total. The van der Waals surface area contributed by atoms with Crippen molar-refractivity contribution < 1.29 is 13.5 Å². The van der Waals surface area contributed by atoms with Gasteiger partial charge in [0.15, 0.2) is 0 Å². The van der Waals surface area contributed by atoms with Crippen molar-refractivity contribution in [1.82, 2.24) is 5.32 Å². The van der Waals surface area contributed by atoms with Gasteiger partial charge in [0, 0.05) is 30.3 Å². The Morgan fingerprint density at radius 1 is 1.33 bits per heavy atom. The van der Waals surface area contributed by atoms with E-state index < -0.39 is 11.6 Å². The van der Waals surface area contributed by atoms with Crippen LogP contribution in [0.2, 0.25) is 0 Å². The molecule has 2 rings (SSSR count). The number of nitrogens with one attached hydrogen (secondary N) is 1. The van der Waals surface area contributed by atoms with E-state index in [0.29, 0.717) is 11.5 Å². The van der Waals surface area contributed by atoms with Crippen LogP contribution in [0, 0.1) is 17.6 Å². The van der Waals surface area contributed by atoms with Crippen LogP contribution in [0.25, 0.3) is 0 Å². The van der Waals surface area contributed by atoms with Crippen LogP contribution in [-0.2, 0) is 4.74 Å². The molecule has 0 bridgehead atoms. The summed E-state index contributed by atoms with van der Waals surface area (Å²) < 4.78 is 31.8. The lowest BCUT2D eigenvalue weighted by molar-refractivity contribution is 0.177. The van der Waals surface area contributed by atoms with Crippen LogP contribution < -0.4 is 5.32 Å². The first kappa shape index (κ1) is 13.4. The van der Waals surface area contributed by atoms with E-state index in [0.717, 1.165) is 25.7 Å². The summed E-state index contributed by atoms with van der Waals surface area (Å²) in [6, 6.07) is 3.84. The molecular weight excluding hydrogens is 236 g/mol. The van der Waals surface area contributed by atoms with Crippen molar-refractivity contribution >= 4 is 0 Å². The van der Waals surface area contributed by atoms with Gasteiger partial charge in [0.05, 0.1) is 6.61 Å². The average Bonchev–Trinajstić information content (AvgIpc) is 2.81. The minimum Gasteiger partial charge on any atom is -0.381 e. The van der Waals surface area contributed by atoms with Crippen molar-refractivity contribution in [3.05, 3.63) is 35.4 Å². The lowest BCUT2D eigenvalue weighted by Gasteiger charge is -2.24. The molecule has 1 aromatic rings. The Hall–Kier alpha value is -1.00. The SMILES string of the molecule is CC(NC(C)C1CCOC1)c1ccc(F)cc1F. The Balaban J connectivity index is 2.00. The van der Waals surface area contributed by atoms with Crippen LogP contribution in [-0.4, -0.2) is 19.3 Å². The van der Waals surface area contributed by atoms with E-state index in [1.165, 1.54) is 12.1 Å². The molecule has 1 aliphatic heterocycles. The molecule has 1 saturated heterocycles. The predicted octanol–water partition coefficient (Wildman–Crippen LogP) is 3.04. The van der Waals surface area contributed by atoms with Crippen LogP contribution in [0.3, 0.4) is 0 Å². The Morgan fingerprint density at radius 3 is 2.72 bits per heavy atom. The predicted molar refractivity (Wildman–Crippen MR) is 66.3 cm³/mol. The fourth-order valence-electron chi connectivity index (χ4n) is 2.42. The molecule has 0 radical (unpaired) electrons. The van der Waals surface area contributed by atoms with Gasteiger partial charge in [-0.1, -0.05) is 6.07 Å². The van der Waals surface area contributed by atoms with Crippen molar-refractivity contribution in [3.8, 4) is 0 Å². The number of halogens is 2. The molecule has 1 aromatic carbocycles. The summed E-state index contributed by atoms with van der Waals surface area (Å²) in [4.78, 5) is 0. The molecule has 1 fully saturated rings. The van der Waals surface area contributed by atoms with Crippen molar-refractivity contribution in [2.24, 2.45) is 5.92 Å². The normalized spacial score (nSPS) is 23.0. The summed E-state index contributed by atoms with van der Waals surface area (Å²) in [6.07, 6.45) is 1.03. The van der Waals surface area contributed by atoms with E-state index in [1.54, 1.807) is 0 Å². The van der Waals surface area contributed by atoms with Crippen LogP contribution in [0.5, 0.6) is 0 Å².